The van der Waals surface area contributed by atoms with E-state index < -0.39 is 10.0 Å². The molecule has 1 aliphatic rings. The Hall–Kier alpha value is -1.90. The molecule has 0 unspecified atom stereocenters. The van der Waals surface area contributed by atoms with Crippen molar-refractivity contribution in [2.45, 2.75) is 6.54 Å². The minimum absolute atomic E-state index is 0.516. The number of rotatable bonds is 5. The number of hydrogen-bond acceptors (Lipinski definition) is 6. The third-order valence-electron chi connectivity index (χ3n) is 4.07. The van der Waals surface area contributed by atoms with Crippen LogP contribution in [-0.2, 0) is 16.6 Å². The first-order chi connectivity index (χ1) is 11.5. The van der Waals surface area contributed by atoms with Crippen LogP contribution in [0.25, 0.3) is 11.5 Å². The molecular weight excluding hydrogens is 330 g/mol. The normalized spacial score (nSPS) is 17.1. The van der Waals surface area contributed by atoms with E-state index in [2.05, 4.69) is 9.88 Å². The average molecular weight is 351 g/mol. The van der Waals surface area contributed by atoms with Crippen LogP contribution in [0.4, 0.5) is 0 Å². The summed E-state index contributed by atoms with van der Waals surface area (Å²) in [6.07, 6.45) is 2.91. The van der Waals surface area contributed by atoms with E-state index in [1.165, 1.54) is 10.6 Å². The number of nitrogens with zero attached hydrogens (tertiary/aromatic N) is 3. The standard InChI is InChI=1S/C16H21N3O4S/c1-22-15-5-3-13(4-6-15)16-17-14(12-23-16)11-18-7-9-19(10-8-18)24(2,20)21/h3-6,12H,7-11H2,1-2H3. The molecule has 0 N–H and O–H groups in total. The molecule has 130 valence electrons. The van der Waals surface area contributed by atoms with E-state index in [1.807, 2.05) is 24.3 Å². The Morgan fingerprint density at radius 1 is 1.17 bits per heavy atom. The van der Waals surface area contributed by atoms with Gasteiger partial charge in [0, 0.05) is 38.3 Å². The predicted molar refractivity (Wildman–Crippen MR) is 90.2 cm³/mol. The van der Waals surface area contributed by atoms with Crippen molar-refractivity contribution in [1.29, 1.82) is 0 Å². The maximum absolute atomic E-state index is 11.5. The molecule has 0 atom stereocenters. The number of piperazine rings is 1. The molecule has 2 aromatic rings. The highest BCUT2D eigenvalue weighted by molar-refractivity contribution is 7.88. The molecule has 7 nitrogen and oxygen atoms in total. The summed E-state index contributed by atoms with van der Waals surface area (Å²) in [5.41, 5.74) is 1.73. The number of oxazole rings is 1. The molecule has 0 radical (unpaired) electrons. The van der Waals surface area contributed by atoms with Gasteiger partial charge in [0.25, 0.3) is 0 Å². The van der Waals surface area contributed by atoms with Crippen molar-refractivity contribution < 1.29 is 17.6 Å². The second-order valence-corrected chi connectivity index (χ2v) is 7.79. The maximum atomic E-state index is 11.5. The van der Waals surface area contributed by atoms with Crippen LogP contribution in [0.15, 0.2) is 34.9 Å². The van der Waals surface area contributed by atoms with E-state index >= 15 is 0 Å². The number of hydrogen-bond donors (Lipinski definition) is 0. The molecule has 1 aliphatic heterocycles. The van der Waals surface area contributed by atoms with Crippen molar-refractivity contribution in [2.75, 3.05) is 39.5 Å². The van der Waals surface area contributed by atoms with Gasteiger partial charge in [-0.25, -0.2) is 13.4 Å². The van der Waals surface area contributed by atoms with Gasteiger partial charge in [-0.3, -0.25) is 4.90 Å². The van der Waals surface area contributed by atoms with Gasteiger partial charge in [-0.2, -0.15) is 4.31 Å². The Labute approximate surface area is 141 Å². The first-order valence-corrected chi connectivity index (χ1v) is 9.57. The third kappa shape index (κ3) is 3.95. The lowest BCUT2D eigenvalue weighted by atomic mass is 10.2. The fourth-order valence-corrected chi connectivity index (χ4v) is 3.52. The summed E-state index contributed by atoms with van der Waals surface area (Å²) < 4.78 is 35.3. The first-order valence-electron chi connectivity index (χ1n) is 7.72. The summed E-state index contributed by atoms with van der Waals surface area (Å²) in [7, 11) is -1.47. The summed E-state index contributed by atoms with van der Waals surface area (Å²) in [5.74, 6) is 1.36. The fraction of sp³-hybridized carbons (Fsp3) is 0.438. The van der Waals surface area contributed by atoms with E-state index in [1.54, 1.807) is 13.4 Å². The van der Waals surface area contributed by atoms with Gasteiger partial charge in [0.15, 0.2) is 0 Å². The Morgan fingerprint density at radius 2 is 1.83 bits per heavy atom. The first kappa shape index (κ1) is 16.9. The quantitative estimate of drug-likeness (QED) is 0.811. The lowest BCUT2D eigenvalue weighted by Gasteiger charge is -2.32. The number of sulfonamides is 1. The fourth-order valence-electron chi connectivity index (χ4n) is 2.69. The highest BCUT2D eigenvalue weighted by Crippen LogP contribution is 2.22. The zero-order valence-electron chi connectivity index (χ0n) is 13.8. The molecule has 1 saturated heterocycles. The highest BCUT2D eigenvalue weighted by Gasteiger charge is 2.23. The molecule has 1 fully saturated rings. The lowest BCUT2D eigenvalue weighted by Crippen LogP contribution is -2.47. The van der Waals surface area contributed by atoms with Crippen molar-refractivity contribution in [1.82, 2.24) is 14.2 Å². The van der Waals surface area contributed by atoms with Crippen LogP contribution in [0.5, 0.6) is 5.75 Å². The molecule has 2 heterocycles. The van der Waals surface area contributed by atoms with Crippen LogP contribution in [0, 0.1) is 0 Å². The van der Waals surface area contributed by atoms with Crippen LogP contribution in [0.2, 0.25) is 0 Å². The van der Waals surface area contributed by atoms with Gasteiger partial charge in [0.05, 0.1) is 19.1 Å². The minimum atomic E-state index is -3.10. The molecule has 0 amide bonds. The van der Waals surface area contributed by atoms with Gasteiger partial charge in [-0.15, -0.1) is 0 Å². The van der Waals surface area contributed by atoms with Crippen LogP contribution >= 0.6 is 0 Å². The molecule has 0 saturated carbocycles. The Kier molecular flexibility index (Phi) is 4.88. The van der Waals surface area contributed by atoms with Crippen molar-refractivity contribution in [2.24, 2.45) is 0 Å². The number of ether oxygens (including phenoxy) is 1. The number of aromatic nitrogens is 1. The summed E-state index contributed by atoms with van der Waals surface area (Å²) in [4.78, 5) is 6.69. The summed E-state index contributed by atoms with van der Waals surface area (Å²) in [6.45, 7) is 3.07. The maximum Gasteiger partial charge on any atom is 0.226 e. The number of methoxy groups -OCH3 is 1. The molecule has 3 rings (SSSR count). The zero-order valence-corrected chi connectivity index (χ0v) is 14.6. The summed E-state index contributed by atoms with van der Waals surface area (Å²) in [5, 5.41) is 0. The average Bonchev–Trinajstić information content (AvgIpc) is 3.03. The summed E-state index contributed by atoms with van der Waals surface area (Å²) in [6, 6.07) is 7.53. The second-order valence-electron chi connectivity index (χ2n) is 5.81. The Balaban J connectivity index is 1.60. The monoisotopic (exact) mass is 351 g/mol. The minimum Gasteiger partial charge on any atom is -0.497 e. The van der Waals surface area contributed by atoms with Gasteiger partial charge < -0.3 is 9.15 Å². The third-order valence-corrected chi connectivity index (χ3v) is 5.38. The van der Waals surface area contributed by atoms with Crippen molar-refractivity contribution in [3.05, 3.63) is 36.2 Å². The molecule has 0 aliphatic carbocycles. The molecule has 8 heteroatoms. The van der Waals surface area contributed by atoms with E-state index in [-0.39, 0.29) is 0 Å². The molecular formula is C16H21N3O4S. The van der Waals surface area contributed by atoms with Crippen molar-refractivity contribution >= 4 is 10.0 Å². The van der Waals surface area contributed by atoms with Gasteiger partial charge >= 0.3 is 0 Å². The Bertz CT molecular complexity index is 778. The topological polar surface area (TPSA) is 75.9 Å². The molecule has 0 bridgehead atoms. The van der Waals surface area contributed by atoms with E-state index in [9.17, 15) is 8.42 Å². The van der Waals surface area contributed by atoms with E-state index in [0.717, 1.165) is 17.0 Å². The predicted octanol–water partition coefficient (Wildman–Crippen LogP) is 1.43. The number of benzene rings is 1. The van der Waals surface area contributed by atoms with Crippen molar-refractivity contribution in [3.63, 3.8) is 0 Å². The van der Waals surface area contributed by atoms with E-state index in [4.69, 9.17) is 9.15 Å². The zero-order chi connectivity index (χ0) is 17.2. The van der Waals surface area contributed by atoms with Gasteiger partial charge in [-0.1, -0.05) is 0 Å². The molecule has 1 aromatic heterocycles. The van der Waals surface area contributed by atoms with Crippen LogP contribution in [-0.4, -0.2) is 62.2 Å². The summed E-state index contributed by atoms with van der Waals surface area (Å²) >= 11 is 0. The lowest BCUT2D eigenvalue weighted by molar-refractivity contribution is 0.180. The molecule has 0 spiro atoms. The van der Waals surface area contributed by atoms with Crippen LogP contribution in [0.3, 0.4) is 0 Å². The van der Waals surface area contributed by atoms with Gasteiger partial charge in [0.1, 0.15) is 12.0 Å². The Morgan fingerprint density at radius 3 is 2.42 bits per heavy atom. The largest absolute Gasteiger partial charge is 0.497 e. The molecule has 24 heavy (non-hydrogen) atoms. The molecule has 1 aromatic carbocycles. The van der Waals surface area contributed by atoms with Crippen LogP contribution in [0.1, 0.15) is 5.69 Å². The van der Waals surface area contributed by atoms with E-state index in [0.29, 0.717) is 38.6 Å². The smallest absolute Gasteiger partial charge is 0.226 e. The van der Waals surface area contributed by atoms with Crippen LogP contribution < -0.4 is 4.74 Å². The second kappa shape index (κ2) is 6.92. The van der Waals surface area contributed by atoms with Crippen molar-refractivity contribution in [3.8, 4) is 17.2 Å². The highest BCUT2D eigenvalue weighted by atomic mass is 32.2. The van der Waals surface area contributed by atoms with Gasteiger partial charge in [0.2, 0.25) is 15.9 Å². The SMILES string of the molecule is COc1ccc(-c2nc(CN3CCN(S(C)(=O)=O)CC3)co2)cc1. The van der Waals surface area contributed by atoms with Gasteiger partial charge in [-0.05, 0) is 24.3 Å².